The molecular formula is C17H23BrO. The molecule has 0 unspecified atom stereocenters. The first-order chi connectivity index (χ1) is 8.66. The van der Waals surface area contributed by atoms with Gasteiger partial charge in [0, 0.05) is 0 Å². The molecule has 0 saturated carbocycles. The van der Waals surface area contributed by atoms with Gasteiger partial charge in [-0.1, -0.05) is 40.7 Å². The number of hydrogen-bond acceptors (Lipinski definition) is 1. The topological polar surface area (TPSA) is 9.23 Å². The Kier molecular flexibility index (Phi) is 3.59. The summed E-state index contributed by atoms with van der Waals surface area (Å²) in [5.74, 6) is 0.919. The fourth-order valence-corrected chi connectivity index (χ4v) is 3.29. The average Bonchev–Trinajstić information content (AvgIpc) is 2.26. The Morgan fingerprint density at radius 2 is 1.84 bits per heavy atom. The molecule has 1 nitrogen and oxygen atoms in total. The molecule has 0 spiro atoms. The minimum absolute atomic E-state index is 0.165. The molecule has 0 aliphatic heterocycles. The zero-order valence-electron chi connectivity index (χ0n) is 12.7. The van der Waals surface area contributed by atoms with Crippen molar-refractivity contribution < 1.29 is 4.74 Å². The molecule has 0 amide bonds. The monoisotopic (exact) mass is 322 g/mol. The van der Waals surface area contributed by atoms with Gasteiger partial charge >= 0.3 is 0 Å². The van der Waals surface area contributed by atoms with Crippen LogP contribution in [0, 0.1) is 5.41 Å². The van der Waals surface area contributed by atoms with Crippen molar-refractivity contribution in [2.24, 2.45) is 5.41 Å². The normalized spacial score (nSPS) is 17.7. The van der Waals surface area contributed by atoms with Crippen LogP contribution < -0.4 is 4.74 Å². The summed E-state index contributed by atoms with van der Waals surface area (Å²) in [6.45, 7) is 11.4. The second-order valence-electron chi connectivity index (χ2n) is 6.99. The zero-order valence-corrected chi connectivity index (χ0v) is 14.3. The maximum atomic E-state index is 5.46. The fraction of sp³-hybridized carbons (Fsp3) is 0.529. The number of benzene rings is 1. The number of allylic oxidation sites excluding steroid dienone is 2. The van der Waals surface area contributed by atoms with Crippen molar-refractivity contribution in [2.75, 3.05) is 7.11 Å². The van der Waals surface area contributed by atoms with Gasteiger partial charge < -0.3 is 4.74 Å². The van der Waals surface area contributed by atoms with Crippen LogP contribution in [0.2, 0.25) is 0 Å². The molecule has 1 aliphatic carbocycles. The predicted octanol–water partition coefficient (Wildman–Crippen LogP) is 5.57. The van der Waals surface area contributed by atoms with Gasteiger partial charge in [-0.3, -0.25) is 0 Å². The molecule has 0 aromatic heterocycles. The van der Waals surface area contributed by atoms with Crippen LogP contribution in [-0.4, -0.2) is 7.11 Å². The predicted molar refractivity (Wildman–Crippen MR) is 85.8 cm³/mol. The third-order valence-corrected chi connectivity index (χ3v) is 4.56. The Balaban J connectivity index is 2.69. The van der Waals surface area contributed by atoms with Gasteiger partial charge in [-0.25, -0.2) is 0 Å². The number of ether oxygens (including phenoxy) is 1. The smallest absolute Gasteiger partial charge is 0.133 e. The van der Waals surface area contributed by atoms with Crippen molar-refractivity contribution in [2.45, 2.75) is 46.5 Å². The summed E-state index contributed by atoms with van der Waals surface area (Å²) in [5.41, 5.74) is 4.51. The lowest BCUT2D eigenvalue weighted by molar-refractivity contribution is 0.408. The van der Waals surface area contributed by atoms with Crippen LogP contribution >= 0.6 is 15.9 Å². The third kappa shape index (κ3) is 2.60. The van der Waals surface area contributed by atoms with Gasteiger partial charge in [-0.15, -0.1) is 0 Å². The molecule has 2 rings (SSSR count). The standard InChI is InChI=1S/C17H23BrO/c1-16(2,3)12-7-8-17(4,5)13-10-15(19-6)14(18)9-11(12)13/h7,9-10H,8H2,1-6H3. The number of rotatable bonds is 1. The summed E-state index contributed by atoms with van der Waals surface area (Å²) in [5, 5.41) is 0. The van der Waals surface area contributed by atoms with Crippen molar-refractivity contribution >= 4 is 21.5 Å². The molecule has 0 saturated heterocycles. The molecule has 0 radical (unpaired) electrons. The van der Waals surface area contributed by atoms with Gasteiger partial charge in [0.25, 0.3) is 0 Å². The van der Waals surface area contributed by atoms with Crippen LogP contribution in [0.25, 0.3) is 5.57 Å². The minimum atomic E-state index is 0.165. The third-order valence-electron chi connectivity index (χ3n) is 3.94. The van der Waals surface area contributed by atoms with Crippen LogP contribution in [0.4, 0.5) is 0 Å². The quantitative estimate of drug-likeness (QED) is 0.656. The molecule has 0 heterocycles. The highest BCUT2D eigenvalue weighted by Crippen LogP contribution is 2.47. The molecule has 1 aliphatic rings. The van der Waals surface area contributed by atoms with Crippen LogP contribution in [0.15, 0.2) is 22.7 Å². The number of fused-ring (bicyclic) bond motifs is 1. The molecule has 19 heavy (non-hydrogen) atoms. The van der Waals surface area contributed by atoms with Crippen molar-refractivity contribution in [3.8, 4) is 5.75 Å². The first-order valence-electron chi connectivity index (χ1n) is 6.76. The lowest BCUT2D eigenvalue weighted by Crippen LogP contribution is -2.25. The first-order valence-corrected chi connectivity index (χ1v) is 7.55. The zero-order chi connectivity index (χ0) is 14.4. The van der Waals surface area contributed by atoms with Crippen LogP contribution in [0.1, 0.15) is 52.2 Å². The second kappa shape index (κ2) is 4.66. The van der Waals surface area contributed by atoms with E-state index in [2.05, 4.69) is 68.8 Å². The van der Waals surface area contributed by atoms with Gasteiger partial charge in [0.15, 0.2) is 0 Å². The van der Waals surface area contributed by atoms with Gasteiger partial charge in [0.1, 0.15) is 5.75 Å². The Labute approximate surface area is 125 Å². The van der Waals surface area contributed by atoms with Crippen LogP contribution in [-0.2, 0) is 5.41 Å². The Morgan fingerprint density at radius 3 is 2.37 bits per heavy atom. The number of methoxy groups -OCH3 is 1. The molecule has 0 bridgehead atoms. The highest BCUT2D eigenvalue weighted by molar-refractivity contribution is 9.10. The van der Waals surface area contributed by atoms with E-state index in [1.807, 2.05) is 0 Å². The fourth-order valence-electron chi connectivity index (χ4n) is 2.78. The van der Waals surface area contributed by atoms with E-state index in [-0.39, 0.29) is 10.8 Å². The highest BCUT2D eigenvalue weighted by Gasteiger charge is 2.33. The molecule has 0 atom stereocenters. The number of halogens is 1. The summed E-state index contributed by atoms with van der Waals surface area (Å²) in [6.07, 6.45) is 3.48. The lowest BCUT2D eigenvalue weighted by atomic mass is 9.68. The molecule has 1 aromatic carbocycles. The van der Waals surface area contributed by atoms with E-state index in [1.54, 1.807) is 7.11 Å². The molecule has 0 fully saturated rings. The van der Waals surface area contributed by atoms with E-state index in [0.717, 1.165) is 16.6 Å². The Hall–Kier alpha value is -0.760. The highest BCUT2D eigenvalue weighted by atomic mass is 79.9. The molecule has 104 valence electrons. The SMILES string of the molecule is COc1cc2c(cc1Br)C(C(C)(C)C)=CCC2(C)C. The maximum Gasteiger partial charge on any atom is 0.133 e. The summed E-state index contributed by atoms with van der Waals surface area (Å²) < 4.78 is 6.49. The summed E-state index contributed by atoms with van der Waals surface area (Å²) in [7, 11) is 1.73. The summed E-state index contributed by atoms with van der Waals surface area (Å²) in [6, 6.07) is 4.41. The van der Waals surface area contributed by atoms with Crippen LogP contribution in [0.3, 0.4) is 0 Å². The van der Waals surface area contributed by atoms with E-state index >= 15 is 0 Å². The van der Waals surface area contributed by atoms with Crippen molar-refractivity contribution in [3.05, 3.63) is 33.8 Å². The molecule has 0 N–H and O–H groups in total. The first kappa shape index (κ1) is 14.6. The van der Waals surface area contributed by atoms with Crippen molar-refractivity contribution in [1.29, 1.82) is 0 Å². The minimum Gasteiger partial charge on any atom is -0.496 e. The van der Waals surface area contributed by atoms with E-state index in [4.69, 9.17) is 4.74 Å². The van der Waals surface area contributed by atoms with Crippen LogP contribution in [0.5, 0.6) is 5.75 Å². The largest absolute Gasteiger partial charge is 0.496 e. The molecular weight excluding hydrogens is 300 g/mol. The van der Waals surface area contributed by atoms with Gasteiger partial charge in [-0.05, 0) is 62.0 Å². The van der Waals surface area contributed by atoms with E-state index < -0.39 is 0 Å². The van der Waals surface area contributed by atoms with Gasteiger partial charge in [0.05, 0.1) is 11.6 Å². The summed E-state index contributed by atoms with van der Waals surface area (Å²) >= 11 is 3.62. The summed E-state index contributed by atoms with van der Waals surface area (Å²) in [4.78, 5) is 0. The Morgan fingerprint density at radius 1 is 1.21 bits per heavy atom. The van der Waals surface area contributed by atoms with Gasteiger partial charge in [-0.2, -0.15) is 0 Å². The van der Waals surface area contributed by atoms with Gasteiger partial charge in [0.2, 0.25) is 0 Å². The maximum absolute atomic E-state index is 5.46. The average molecular weight is 323 g/mol. The lowest BCUT2D eigenvalue weighted by Gasteiger charge is -2.37. The second-order valence-corrected chi connectivity index (χ2v) is 7.84. The van der Waals surface area contributed by atoms with E-state index in [1.165, 1.54) is 16.7 Å². The Bertz CT molecular complexity index is 533. The molecule has 1 aromatic rings. The van der Waals surface area contributed by atoms with E-state index in [0.29, 0.717) is 0 Å². The molecule has 2 heteroatoms. The number of hydrogen-bond donors (Lipinski definition) is 0. The van der Waals surface area contributed by atoms with Crippen molar-refractivity contribution in [1.82, 2.24) is 0 Å². The van der Waals surface area contributed by atoms with E-state index in [9.17, 15) is 0 Å². The van der Waals surface area contributed by atoms with Crippen molar-refractivity contribution in [3.63, 3.8) is 0 Å².